The van der Waals surface area contributed by atoms with Gasteiger partial charge in [-0.15, -0.1) is 0 Å². The summed E-state index contributed by atoms with van der Waals surface area (Å²) in [6, 6.07) is 2.09. The van der Waals surface area contributed by atoms with Crippen LogP contribution in [-0.2, 0) is 17.8 Å². The van der Waals surface area contributed by atoms with Crippen LogP contribution in [0, 0.1) is 0 Å². The van der Waals surface area contributed by atoms with Gasteiger partial charge in [-0.3, -0.25) is 4.68 Å². The second-order valence-electron chi connectivity index (χ2n) is 5.01. The predicted molar refractivity (Wildman–Crippen MR) is 79.2 cm³/mol. The van der Waals surface area contributed by atoms with Crippen molar-refractivity contribution in [1.29, 1.82) is 0 Å². The first kappa shape index (κ1) is 16.2. The lowest BCUT2D eigenvalue weighted by molar-refractivity contribution is 0.199. The Morgan fingerprint density at radius 3 is 2.79 bits per heavy atom. The van der Waals surface area contributed by atoms with Gasteiger partial charge in [-0.25, -0.2) is 0 Å². The lowest BCUT2D eigenvalue weighted by atomic mass is 10.1. The van der Waals surface area contributed by atoms with Gasteiger partial charge in [-0.05, 0) is 12.5 Å². The fourth-order valence-corrected chi connectivity index (χ4v) is 2.07. The topological polar surface area (TPSA) is 39.1 Å². The summed E-state index contributed by atoms with van der Waals surface area (Å²) < 4.78 is 7.05. The lowest BCUT2D eigenvalue weighted by Gasteiger charge is -2.03. The predicted octanol–water partition coefficient (Wildman–Crippen LogP) is 2.98. The minimum absolute atomic E-state index is 0.748. The second kappa shape index (κ2) is 11.0. The molecule has 0 atom stereocenters. The molecule has 0 aliphatic heterocycles. The van der Waals surface area contributed by atoms with Gasteiger partial charge >= 0.3 is 0 Å². The average molecular weight is 267 g/mol. The monoisotopic (exact) mass is 267 g/mol. The Hall–Kier alpha value is -0.870. The minimum atomic E-state index is 0.748. The van der Waals surface area contributed by atoms with Crippen molar-refractivity contribution in [2.45, 2.75) is 58.5 Å². The lowest BCUT2D eigenvalue weighted by Crippen LogP contribution is -2.19. The third kappa shape index (κ3) is 8.01. The Balaban J connectivity index is 2.06. The Labute approximate surface area is 117 Å². The van der Waals surface area contributed by atoms with Crippen LogP contribution in [0.25, 0.3) is 0 Å². The highest BCUT2D eigenvalue weighted by atomic mass is 16.5. The van der Waals surface area contributed by atoms with E-state index in [2.05, 4.69) is 34.3 Å². The molecule has 4 nitrogen and oxygen atoms in total. The Kier molecular flexibility index (Phi) is 9.37. The SMILES string of the molecule is CCCCCCCCn1ccc(CNCCOC)n1. The summed E-state index contributed by atoms with van der Waals surface area (Å²) in [5, 5.41) is 7.86. The van der Waals surface area contributed by atoms with Crippen molar-refractivity contribution >= 4 is 0 Å². The molecule has 0 aliphatic rings. The smallest absolute Gasteiger partial charge is 0.0762 e. The number of hydrogen-bond acceptors (Lipinski definition) is 3. The van der Waals surface area contributed by atoms with Gasteiger partial charge in [0.15, 0.2) is 0 Å². The quantitative estimate of drug-likeness (QED) is 0.592. The van der Waals surface area contributed by atoms with E-state index in [1.807, 2.05) is 0 Å². The van der Waals surface area contributed by atoms with Crippen molar-refractivity contribution < 1.29 is 4.74 Å². The number of unbranched alkanes of at least 4 members (excludes halogenated alkanes) is 5. The van der Waals surface area contributed by atoms with E-state index >= 15 is 0 Å². The molecule has 0 saturated heterocycles. The largest absolute Gasteiger partial charge is 0.383 e. The van der Waals surface area contributed by atoms with E-state index in [9.17, 15) is 0 Å². The highest BCUT2D eigenvalue weighted by molar-refractivity contribution is 4.98. The molecule has 0 amide bonds. The van der Waals surface area contributed by atoms with Gasteiger partial charge in [-0.2, -0.15) is 5.10 Å². The normalized spacial score (nSPS) is 11.1. The van der Waals surface area contributed by atoms with E-state index in [1.54, 1.807) is 7.11 Å². The van der Waals surface area contributed by atoms with E-state index < -0.39 is 0 Å². The summed E-state index contributed by atoms with van der Waals surface area (Å²) in [5.74, 6) is 0. The van der Waals surface area contributed by atoms with Crippen LogP contribution in [0.1, 0.15) is 51.1 Å². The van der Waals surface area contributed by atoms with Crippen molar-refractivity contribution in [2.75, 3.05) is 20.3 Å². The molecule has 4 heteroatoms. The number of rotatable bonds is 12. The van der Waals surface area contributed by atoms with Gasteiger partial charge in [0, 0.05) is 32.9 Å². The molecule has 1 rings (SSSR count). The minimum Gasteiger partial charge on any atom is -0.383 e. The molecule has 1 N–H and O–H groups in total. The molecule has 0 fully saturated rings. The van der Waals surface area contributed by atoms with Crippen molar-refractivity contribution in [3.05, 3.63) is 18.0 Å². The van der Waals surface area contributed by atoms with Crippen LogP contribution >= 0.6 is 0 Å². The fourth-order valence-electron chi connectivity index (χ4n) is 2.07. The molecule has 0 aliphatic carbocycles. The zero-order chi connectivity index (χ0) is 13.8. The molecule has 19 heavy (non-hydrogen) atoms. The molecule has 0 bridgehead atoms. The van der Waals surface area contributed by atoms with Crippen molar-refractivity contribution in [1.82, 2.24) is 15.1 Å². The molecule has 0 saturated carbocycles. The van der Waals surface area contributed by atoms with Gasteiger partial charge in [0.05, 0.1) is 12.3 Å². The average Bonchev–Trinajstić information content (AvgIpc) is 2.87. The van der Waals surface area contributed by atoms with Gasteiger partial charge in [0.2, 0.25) is 0 Å². The van der Waals surface area contributed by atoms with Crippen LogP contribution in [0.15, 0.2) is 12.3 Å². The van der Waals surface area contributed by atoms with Gasteiger partial charge in [0.25, 0.3) is 0 Å². The summed E-state index contributed by atoms with van der Waals surface area (Å²) in [7, 11) is 1.72. The molecular formula is C15H29N3O. The zero-order valence-corrected chi connectivity index (χ0v) is 12.5. The van der Waals surface area contributed by atoms with E-state index in [-0.39, 0.29) is 0 Å². The Morgan fingerprint density at radius 1 is 1.21 bits per heavy atom. The van der Waals surface area contributed by atoms with Crippen LogP contribution in [0.4, 0.5) is 0 Å². The molecular weight excluding hydrogens is 238 g/mol. The number of nitrogens with one attached hydrogen (secondary N) is 1. The standard InChI is InChI=1S/C15H29N3O/c1-3-4-5-6-7-8-11-18-12-9-15(17-18)14-16-10-13-19-2/h9,12,16H,3-8,10-11,13-14H2,1-2H3. The maximum Gasteiger partial charge on any atom is 0.0762 e. The summed E-state index contributed by atoms with van der Waals surface area (Å²) in [6.45, 7) is 5.75. The maximum atomic E-state index is 4.99. The Bertz CT molecular complexity index is 312. The molecule has 110 valence electrons. The van der Waals surface area contributed by atoms with E-state index in [0.29, 0.717) is 0 Å². The zero-order valence-electron chi connectivity index (χ0n) is 12.5. The van der Waals surface area contributed by atoms with Crippen molar-refractivity contribution in [3.8, 4) is 0 Å². The van der Waals surface area contributed by atoms with Crippen molar-refractivity contribution in [3.63, 3.8) is 0 Å². The maximum absolute atomic E-state index is 4.99. The highest BCUT2D eigenvalue weighted by Crippen LogP contribution is 2.06. The number of ether oxygens (including phenoxy) is 1. The number of methoxy groups -OCH3 is 1. The summed E-state index contributed by atoms with van der Waals surface area (Å²) in [6.07, 6.45) is 10.1. The molecule has 1 aromatic heterocycles. The van der Waals surface area contributed by atoms with E-state index in [4.69, 9.17) is 4.74 Å². The van der Waals surface area contributed by atoms with Crippen LogP contribution in [-0.4, -0.2) is 30.0 Å². The van der Waals surface area contributed by atoms with Crippen LogP contribution in [0.3, 0.4) is 0 Å². The van der Waals surface area contributed by atoms with E-state index in [0.717, 1.165) is 31.9 Å². The van der Waals surface area contributed by atoms with E-state index in [1.165, 1.54) is 38.5 Å². The van der Waals surface area contributed by atoms with Crippen LogP contribution in [0.5, 0.6) is 0 Å². The molecule has 1 heterocycles. The van der Waals surface area contributed by atoms with Crippen LogP contribution < -0.4 is 5.32 Å². The third-order valence-corrected chi connectivity index (χ3v) is 3.23. The Morgan fingerprint density at radius 2 is 2.00 bits per heavy atom. The summed E-state index contributed by atoms with van der Waals surface area (Å²) in [5.41, 5.74) is 1.11. The molecule has 0 unspecified atom stereocenters. The number of nitrogens with zero attached hydrogens (tertiary/aromatic N) is 2. The molecule has 0 spiro atoms. The summed E-state index contributed by atoms with van der Waals surface area (Å²) in [4.78, 5) is 0. The van der Waals surface area contributed by atoms with Gasteiger partial charge in [0.1, 0.15) is 0 Å². The van der Waals surface area contributed by atoms with Crippen LogP contribution in [0.2, 0.25) is 0 Å². The first-order chi connectivity index (χ1) is 9.36. The van der Waals surface area contributed by atoms with Crippen molar-refractivity contribution in [2.24, 2.45) is 0 Å². The fraction of sp³-hybridized carbons (Fsp3) is 0.800. The molecule has 0 radical (unpaired) electrons. The molecule has 1 aromatic rings. The highest BCUT2D eigenvalue weighted by Gasteiger charge is 1.98. The van der Waals surface area contributed by atoms with Gasteiger partial charge in [-0.1, -0.05) is 39.0 Å². The third-order valence-electron chi connectivity index (χ3n) is 3.23. The number of aryl methyl sites for hydroxylation is 1. The summed E-state index contributed by atoms with van der Waals surface area (Å²) >= 11 is 0. The first-order valence-corrected chi connectivity index (χ1v) is 7.58. The first-order valence-electron chi connectivity index (χ1n) is 7.58. The molecule has 0 aromatic carbocycles. The number of aromatic nitrogens is 2. The second-order valence-corrected chi connectivity index (χ2v) is 5.01. The van der Waals surface area contributed by atoms with Gasteiger partial charge < -0.3 is 10.1 Å². The number of hydrogen-bond donors (Lipinski definition) is 1.